The predicted octanol–water partition coefficient (Wildman–Crippen LogP) is 2.54. The van der Waals surface area contributed by atoms with Gasteiger partial charge >= 0.3 is 0 Å². The van der Waals surface area contributed by atoms with E-state index in [1.54, 1.807) is 6.33 Å². The number of hydrogen-bond acceptors (Lipinski definition) is 5. The Labute approximate surface area is 108 Å². The van der Waals surface area contributed by atoms with Gasteiger partial charge in [0.1, 0.15) is 0 Å². The highest BCUT2D eigenvalue weighted by molar-refractivity contribution is 7.03. The maximum absolute atomic E-state index is 4.01. The Morgan fingerprint density at radius 1 is 1.22 bits per heavy atom. The first kappa shape index (κ1) is 10.9. The van der Waals surface area contributed by atoms with E-state index in [2.05, 4.69) is 37.0 Å². The van der Waals surface area contributed by atoms with Crippen molar-refractivity contribution in [3.8, 4) is 11.3 Å². The minimum Gasteiger partial charge on any atom is -0.379 e. The molecule has 0 bridgehead atoms. The summed E-state index contributed by atoms with van der Waals surface area (Å²) in [6.07, 6.45) is 3.49. The highest BCUT2D eigenvalue weighted by atomic mass is 32.1. The van der Waals surface area contributed by atoms with E-state index in [9.17, 15) is 0 Å². The quantitative estimate of drug-likeness (QED) is 0.753. The van der Waals surface area contributed by atoms with Gasteiger partial charge in [-0.15, -0.1) is 5.10 Å². The van der Waals surface area contributed by atoms with Crippen LogP contribution < -0.4 is 5.32 Å². The average Bonchev–Trinajstić information content (AvgIpc) is 3.10. The predicted molar refractivity (Wildman–Crippen MR) is 71.3 cm³/mol. The normalized spacial score (nSPS) is 10.4. The Bertz CT molecular complexity index is 586. The number of hydrogen-bond donors (Lipinski definition) is 2. The van der Waals surface area contributed by atoms with Gasteiger partial charge in [0.25, 0.3) is 0 Å². The fraction of sp³-hybridized carbons (Fsp3) is 0.0833. The third-order valence-corrected chi connectivity index (χ3v) is 3.13. The third kappa shape index (κ3) is 2.38. The van der Waals surface area contributed by atoms with E-state index >= 15 is 0 Å². The molecule has 0 aliphatic heterocycles. The molecule has 2 N–H and O–H groups in total. The minimum absolute atomic E-state index is 0.694. The molecule has 0 saturated heterocycles. The first-order chi connectivity index (χ1) is 8.92. The molecule has 5 nitrogen and oxygen atoms in total. The highest BCUT2D eigenvalue weighted by Gasteiger charge is 2.00. The van der Waals surface area contributed by atoms with Crippen molar-refractivity contribution in [1.29, 1.82) is 0 Å². The Kier molecular flexibility index (Phi) is 3.01. The molecular formula is C12H11N5S. The molecule has 0 aliphatic rings. The lowest BCUT2D eigenvalue weighted by Gasteiger charge is -2.05. The molecule has 0 atom stereocenters. The molecule has 6 heteroatoms. The zero-order valence-corrected chi connectivity index (χ0v) is 10.3. The summed E-state index contributed by atoms with van der Waals surface area (Å²) in [7, 11) is 0. The van der Waals surface area contributed by atoms with Gasteiger partial charge in [-0.2, -0.15) is 0 Å². The van der Waals surface area contributed by atoms with Crippen molar-refractivity contribution in [2.75, 3.05) is 5.32 Å². The van der Waals surface area contributed by atoms with E-state index in [4.69, 9.17) is 0 Å². The number of anilines is 1. The summed E-state index contributed by atoms with van der Waals surface area (Å²) in [4.78, 5) is 7.08. The molecule has 18 heavy (non-hydrogen) atoms. The molecule has 2 heterocycles. The summed E-state index contributed by atoms with van der Waals surface area (Å²) >= 11 is 1.36. The lowest BCUT2D eigenvalue weighted by molar-refractivity contribution is 0.999. The lowest BCUT2D eigenvalue weighted by Crippen LogP contribution is -1.99. The van der Waals surface area contributed by atoms with Gasteiger partial charge in [-0.05, 0) is 29.2 Å². The molecule has 0 amide bonds. The maximum Gasteiger partial charge on any atom is 0.0946 e. The Morgan fingerprint density at radius 2 is 2.11 bits per heavy atom. The molecule has 3 rings (SSSR count). The largest absolute Gasteiger partial charge is 0.379 e. The molecule has 0 spiro atoms. The third-order valence-electron chi connectivity index (χ3n) is 2.57. The molecule has 2 aromatic heterocycles. The number of rotatable bonds is 4. The van der Waals surface area contributed by atoms with Crippen LogP contribution in [0.15, 0.2) is 42.2 Å². The molecule has 1 aromatic carbocycles. The second kappa shape index (κ2) is 4.97. The van der Waals surface area contributed by atoms with Crippen molar-refractivity contribution in [3.05, 3.63) is 47.9 Å². The van der Waals surface area contributed by atoms with Crippen molar-refractivity contribution in [1.82, 2.24) is 19.6 Å². The van der Waals surface area contributed by atoms with Crippen molar-refractivity contribution in [3.63, 3.8) is 0 Å². The summed E-state index contributed by atoms with van der Waals surface area (Å²) in [5.74, 6) is 0. The number of imidazole rings is 1. The topological polar surface area (TPSA) is 66.5 Å². The van der Waals surface area contributed by atoms with Crippen LogP contribution >= 0.6 is 11.5 Å². The van der Waals surface area contributed by atoms with Gasteiger partial charge in [-0.3, -0.25) is 0 Å². The van der Waals surface area contributed by atoms with Gasteiger partial charge in [0.2, 0.25) is 0 Å². The summed E-state index contributed by atoms with van der Waals surface area (Å²) in [6.45, 7) is 0.694. The number of H-pyrrole nitrogens is 1. The van der Waals surface area contributed by atoms with Crippen LogP contribution in [-0.4, -0.2) is 19.6 Å². The smallest absolute Gasteiger partial charge is 0.0946 e. The Hall–Kier alpha value is -2.21. The highest BCUT2D eigenvalue weighted by Crippen LogP contribution is 2.19. The van der Waals surface area contributed by atoms with E-state index < -0.39 is 0 Å². The fourth-order valence-electron chi connectivity index (χ4n) is 1.64. The van der Waals surface area contributed by atoms with E-state index in [1.807, 2.05) is 23.7 Å². The van der Waals surface area contributed by atoms with Crippen LogP contribution in [0, 0.1) is 0 Å². The van der Waals surface area contributed by atoms with E-state index in [0.717, 1.165) is 22.6 Å². The van der Waals surface area contributed by atoms with Gasteiger partial charge in [-0.1, -0.05) is 16.6 Å². The Balaban J connectivity index is 1.68. The molecule has 0 saturated carbocycles. The SMILES string of the molecule is c1ncc(-c2ccc(NCc3csnn3)cc2)[nH]1. The average molecular weight is 257 g/mol. The van der Waals surface area contributed by atoms with Gasteiger partial charge in [0.15, 0.2) is 0 Å². The van der Waals surface area contributed by atoms with Crippen LogP contribution in [-0.2, 0) is 6.54 Å². The number of benzene rings is 1. The number of aromatic amines is 1. The van der Waals surface area contributed by atoms with Crippen molar-refractivity contribution in [2.45, 2.75) is 6.54 Å². The summed E-state index contributed by atoms with van der Waals surface area (Å²) in [5.41, 5.74) is 4.16. The maximum atomic E-state index is 4.01. The van der Waals surface area contributed by atoms with Crippen LogP contribution in [0.5, 0.6) is 0 Å². The van der Waals surface area contributed by atoms with E-state index in [1.165, 1.54) is 11.5 Å². The van der Waals surface area contributed by atoms with Gasteiger partial charge in [0, 0.05) is 11.1 Å². The number of nitrogens with one attached hydrogen (secondary N) is 2. The second-order valence-electron chi connectivity index (χ2n) is 3.79. The Morgan fingerprint density at radius 3 is 2.78 bits per heavy atom. The molecule has 0 unspecified atom stereocenters. The van der Waals surface area contributed by atoms with Crippen LogP contribution in [0.1, 0.15) is 5.69 Å². The minimum atomic E-state index is 0.694. The van der Waals surface area contributed by atoms with E-state index in [0.29, 0.717) is 6.54 Å². The zero-order chi connectivity index (χ0) is 12.2. The first-order valence-corrected chi connectivity index (χ1v) is 6.34. The van der Waals surface area contributed by atoms with Gasteiger partial charge in [-0.25, -0.2) is 4.98 Å². The first-order valence-electron chi connectivity index (χ1n) is 5.50. The van der Waals surface area contributed by atoms with Gasteiger partial charge < -0.3 is 10.3 Å². The second-order valence-corrected chi connectivity index (χ2v) is 4.40. The molecule has 3 aromatic rings. The lowest BCUT2D eigenvalue weighted by atomic mass is 10.1. The summed E-state index contributed by atoms with van der Waals surface area (Å²) in [6, 6.07) is 8.18. The van der Waals surface area contributed by atoms with Crippen molar-refractivity contribution >= 4 is 17.2 Å². The standard InChI is InChI=1S/C12H11N5S/c1-3-10(14-5-11-7-18-17-16-11)4-2-9(1)12-6-13-8-15-12/h1-4,6-8,14H,5H2,(H,13,15). The molecular weight excluding hydrogens is 246 g/mol. The molecule has 90 valence electrons. The summed E-state index contributed by atoms with van der Waals surface area (Å²) < 4.78 is 3.82. The molecule has 0 fully saturated rings. The molecule has 0 radical (unpaired) electrons. The number of aromatic nitrogens is 4. The van der Waals surface area contributed by atoms with Crippen molar-refractivity contribution < 1.29 is 0 Å². The van der Waals surface area contributed by atoms with Crippen LogP contribution in [0.3, 0.4) is 0 Å². The fourth-order valence-corrected chi connectivity index (χ4v) is 2.09. The molecule has 0 aliphatic carbocycles. The monoisotopic (exact) mass is 257 g/mol. The van der Waals surface area contributed by atoms with E-state index in [-0.39, 0.29) is 0 Å². The summed E-state index contributed by atoms with van der Waals surface area (Å²) in [5, 5.41) is 9.22. The zero-order valence-electron chi connectivity index (χ0n) is 9.50. The van der Waals surface area contributed by atoms with Crippen LogP contribution in [0.4, 0.5) is 5.69 Å². The van der Waals surface area contributed by atoms with Gasteiger partial charge in [0.05, 0.1) is 30.5 Å². The van der Waals surface area contributed by atoms with Crippen LogP contribution in [0.25, 0.3) is 11.3 Å². The van der Waals surface area contributed by atoms with Crippen molar-refractivity contribution in [2.24, 2.45) is 0 Å². The number of nitrogens with zero attached hydrogens (tertiary/aromatic N) is 3. The van der Waals surface area contributed by atoms with Crippen LogP contribution in [0.2, 0.25) is 0 Å².